The molecule has 0 atom stereocenters. The zero-order chi connectivity index (χ0) is 12.4. The standard InChI is InChI=1S/C3H6Br2.C3H6Cl2.C3H6I2/c3*4-2-1-3-5/h3*1-3H2. The highest BCUT2D eigenvalue weighted by Crippen LogP contribution is 1.91. The van der Waals surface area contributed by atoms with E-state index in [4.69, 9.17) is 23.2 Å². The van der Waals surface area contributed by atoms with Crippen molar-refractivity contribution >= 4 is 100 Å². The van der Waals surface area contributed by atoms with Crippen LogP contribution in [0.25, 0.3) is 0 Å². The van der Waals surface area contributed by atoms with E-state index in [9.17, 15) is 0 Å². The quantitative estimate of drug-likeness (QED) is 0.246. The summed E-state index contributed by atoms with van der Waals surface area (Å²) in [6, 6.07) is 0. The highest BCUT2D eigenvalue weighted by atomic mass is 127. The van der Waals surface area contributed by atoms with Crippen LogP contribution in [0.1, 0.15) is 19.3 Å². The first-order valence-corrected chi connectivity index (χ1v) is 11.0. The topological polar surface area (TPSA) is 0 Å². The third-order valence-electron chi connectivity index (χ3n) is 0.802. The Hall–Kier alpha value is 3.00. The van der Waals surface area contributed by atoms with Crippen LogP contribution in [0.15, 0.2) is 0 Å². The van der Waals surface area contributed by atoms with Gasteiger partial charge in [-0.05, 0) is 19.3 Å². The van der Waals surface area contributed by atoms with Gasteiger partial charge in [0.2, 0.25) is 0 Å². The molecule has 0 amide bonds. The minimum absolute atomic E-state index is 0.684. The van der Waals surface area contributed by atoms with Crippen molar-refractivity contribution in [2.45, 2.75) is 19.3 Å². The van der Waals surface area contributed by atoms with Crippen molar-refractivity contribution in [2.24, 2.45) is 0 Å². The van der Waals surface area contributed by atoms with E-state index in [1.54, 1.807) is 0 Å². The third kappa shape index (κ3) is 47.2. The van der Waals surface area contributed by atoms with Gasteiger partial charge in [-0.1, -0.05) is 77.0 Å². The summed E-state index contributed by atoms with van der Waals surface area (Å²) in [5.74, 6) is 1.37. The lowest BCUT2D eigenvalue weighted by molar-refractivity contribution is 1.11. The van der Waals surface area contributed by atoms with Crippen LogP contribution in [-0.4, -0.2) is 31.3 Å². The van der Waals surface area contributed by atoms with Gasteiger partial charge in [0.1, 0.15) is 0 Å². The van der Waals surface area contributed by atoms with Gasteiger partial charge in [0, 0.05) is 31.3 Å². The lowest BCUT2D eigenvalue weighted by Crippen LogP contribution is -1.70. The van der Waals surface area contributed by atoms with Crippen LogP contribution in [0.5, 0.6) is 0 Å². The molecule has 96 valence electrons. The summed E-state index contributed by atoms with van der Waals surface area (Å²) >= 11 is 21.8. The molecule has 0 radical (unpaired) electrons. The van der Waals surface area contributed by atoms with Gasteiger partial charge in [0.15, 0.2) is 0 Å². The van der Waals surface area contributed by atoms with Crippen molar-refractivity contribution in [3.8, 4) is 0 Å². The van der Waals surface area contributed by atoms with Crippen LogP contribution in [0.2, 0.25) is 0 Å². The van der Waals surface area contributed by atoms with E-state index in [0.717, 1.165) is 17.1 Å². The van der Waals surface area contributed by atoms with E-state index in [1.165, 1.54) is 21.7 Å². The van der Waals surface area contributed by atoms with E-state index >= 15 is 0 Å². The van der Waals surface area contributed by atoms with Crippen molar-refractivity contribution < 1.29 is 0 Å². The van der Waals surface area contributed by atoms with Crippen LogP contribution < -0.4 is 0 Å². The zero-order valence-electron chi connectivity index (χ0n) is 8.63. The maximum atomic E-state index is 5.22. The van der Waals surface area contributed by atoms with Gasteiger partial charge in [0.05, 0.1) is 0 Å². The summed E-state index contributed by atoms with van der Waals surface area (Å²) in [6.07, 6.45) is 3.50. The number of halogens is 6. The molecule has 0 unspecified atom stereocenters. The fourth-order valence-electron chi connectivity index (χ4n) is 0.152. The number of hydrogen-bond donors (Lipinski definition) is 0. The molecule has 0 heterocycles. The van der Waals surface area contributed by atoms with Crippen LogP contribution in [-0.2, 0) is 0 Å². The Morgan fingerprint density at radius 1 is 0.733 bits per heavy atom. The molecular weight excluding hydrogens is 593 g/mol. The smallest absolute Gasteiger partial charge is 0.0234 e. The van der Waals surface area contributed by atoms with E-state index in [2.05, 4.69) is 77.0 Å². The molecule has 0 spiro atoms. The Kier molecular flexibility index (Phi) is 46.6. The molecule has 0 N–H and O–H groups in total. The molecule has 0 saturated carbocycles. The van der Waals surface area contributed by atoms with Gasteiger partial charge in [-0.25, -0.2) is 0 Å². The SMILES string of the molecule is BrCCCBr.ClCCCCl.ICCCI. The Morgan fingerprint density at radius 3 is 1.13 bits per heavy atom. The van der Waals surface area contributed by atoms with Crippen LogP contribution >= 0.6 is 100 Å². The van der Waals surface area contributed by atoms with E-state index in [0.29, 0.717) is 11.8 Å². The highest BCUT2D eigenvalue weighted by molar-refractivity contribution is 14.1. The molecule has 0 nitrogen and oxygen atoms in total. The zero-order valence-corrected chi connectivity index (χ0v) is 17.6. The van der Waals surface area contributed by atoms with Crippen molar-refractivity contribution in [3.63, 3.8) is 0 Å². The molecular formula is C9H18Br2Cl2I2. The lowest BCUT2D eigenvalue weighted by Gasteiger charge is -1.76. The molecule has 15 heavy (non-hydrogen) atoms. The first-order chi connectivity index (χ1) is 7.24. The third-order valence-corrected chi connectivity index (χ3v) is 3.98. The molecule has 0 rings (SSSR count). The Balaban J connectivity index is -0.000000144. The molecule has 0 aliphatic rings. The summed E-state index contributed by atoms with van der Waals surface area (Å²) in [5, 5.41) is 2.22. The van der Waals surface area contributed by atoms with Crippen LogP contribution in [0, 0.1) is 0 Å². The maximum absolute atomic E-state index is 5.22. The van der Waals surface area contributed by atoms with Crippen molar-refractivity contribution in [3.05, 3.63) is 0 Å². The van der Waals surface area contributed by atoms with Crippen LogP contribution in [0.4, 0.5) is 0 Å². The number of rotatable bonds is 6. The fraction of sp³-hybridized carbons (Fsp3) is 1.00. The normalized spacial score (nSPS) is 8.40. The molecule has 0 saturated heterocycles. The fourth-order valence-corrected chi connectivity index (χ4v) is 4.09. The molecule has 0 aromatic carbocycles. The molecule has 0 aromatic heterocycles. The molecule has 0 aromatic rings. The van der Waals surface area contributed by atoms with Gasteiger partial charge in [-0.3, -0.25) is 0 Å². The molecule has 0 fully saturated rings. The summed E-state index contributed by atoms with van der Waals surface area (Å²) in [7, 11) is 0. The van der Waals surface area contributed by atoms with Gasteiger partial charge in [-0.15, -0.1) is 23.2 Å². The largest absolute Gasteiger partial charge is 0.127 e. The summed E-state index contributed by atoms with van der Waals surface area (Å²) in [4.78, 5) is 0. The molecule has 0 bridgehead atoms. The van der Waals surface area contributed by atoms with E-state index < -0.39 is 0 Å². The average Bonchev–Trinajstić information content (AvgIpc) is 2.23. The van der Waals surface area contributed by atoms with Crippen molar-refractivity contribution in [1.82, 2.24) is 0 Å². The average molecular weight is 611 g/mol. The monoisotopic (exact) mass is 608 g/mol. The highest BCUT2D eigenvalue weighted by Gasteiger charge is 1.72. The summed E-state index contributed by atoms with van der Waals surface area (Å²) in [5.41, 5.74) is 0. The van der Waals surface area contributed by atoms with Gasteiger partial charge >= 0.3 is 0 Å². The Labute approximate surface area is 149 Å². The van der Waals surface area contributed by atoms with Gasteiger partial charge in [0.25, 0.3) is 0 Å². The first kappa shape index (κ1) is 23.1. The lowest BCUT2D eigenvalue weighted by atomic mass is 10.6. The molecule has 6 heteroatoms. The van der Waals surface area contributed by atoms with Gasteiger partial charge < -0.3 is 0 Å². The molecule has 0 aliphatic carbocycles. The molecule has 0 aliphatic heterocycles. The first-order valence-electron chi connectivity index (χ1n) is 4.60. The Bertz CT molecular complexity index is 60.9. The summed E-state index contributed by atoms with van der Waals surface area (Å²) < 4.78 is 2.61. The van der Waals surface area contributed by atoms with Gasteiger partial charge in [-0.2, -0.15) is 0 Å². The number of hydrogen-bond acceptors (Lipinski definition) is 0. The van der Waals surface area contributed by atoms with E-state index in [1.807, 2.05) is 0 Å². The Morgan fingerprint density at radius 2 is 1.13 bits per heavy atom. The number of alkyl halides is 6. The van der Waals surface area contributed by atoms with E-state index in [-0.39, 0.29) is 0 Å². The predicted molar refractivity (Wildman–Crippen MR) is 101 cm³/mol. The predicted octanol–water partition coefficient (Wildman–Crippen LogP) is 6.27. The minimum atomic E-state index is 0.684. The summed E-state index contributed by atoms with van der Waals surface area (Å²) in [6.45, 7) is 0. The second-order valence-corrected chi connectivity index (χ2v) is 6.69. The second kappa shape index (κ2) is 30.2. The second-order valence-electron chi connectivity index (χ2n) is 2.19. The minimum Gasteiger partial charge on any atom is -0.127 e. The maximum Gasteiger partial charge on any atom is 0.0234 e. The van der Waals surface area contributed by atoms with Crippen LogP contribution in [0.3, 0.4) is 0 Å². The van der Waals surface area contributed by atoms with Crippen molar-refractivity contribution in [2.75, 3.05) is 31.3 Å². The van der Waals surface area contributed by atoms with Crippen molar-refractivity contribution in [1.29, 1.82) is 0 Å².